The maximum Gasteiger partial charge on any atom is 0.366 e. The average molecular weight is 336 g/mol. The molecule has 0 aliphatic carbocycles. The molecule has 1 amide bonds. The maximum atomic E-state index is 12.0. The van der Waals surface area contributed by atoms with Crippen LogP contribution in [-0.4, -0.2) is 84.2 Å². The van der Waals surface area contributed by atoms with Crippen molar-refractivity contribution in [2.24, 2.45) is 5.73 Å². The van der Waals surface area contributed by atoms with E-state index >= 15 is 0 Å². The second kappa shape index (κ2) is 7.99. The summed E-state index contributed by atoms with van der Waals surface area (Å²) in [5.41, 5.74) is 5.31. The quantitative estimate of drug-likeness (QED) is 0.315. The van der Waals surface area contributed by atoms with E-state index in [1.165, 1.54) is 14.0 Å². The minimum atomic E-state index is -1.97. The van der Waals surface area contributed by atoms with Crippen LogP contribution in [0.5, 0.6) is 0 Å². The highest BCUT2D eigenvalue weighted by molar-refractivity contribution is 5.78. The normalized spacial score (nSPS) is 33.6. The van der Waals surface area contributed by atoms with Gasteiger partial charge < -0.3 is 40.6 Å². The molecule has 10 heteroatoms. The molecule has 6 N–H and O–H groups in total. The van der Waals surface area contributed by atoms with Crippen LogP contribution in [0.25, 0.3) is 0 Å². The van der Waals surface area contributed by atoms with Crippen LogP contribution in [0, 0.1) is 0 Å². The number of esters is 1. The molecule has 23 heavy (non-hydrogen) atoms. The van der Waals surface area contributed by atoms with Gasteiger partial charge in [0.1, 0.15) is 12.2 Å². The number of carbonyl (C=O) groups is 2. The van der Waals surface area contributed by atoms with Crippen molar-refractivity contribution in [3.8, 4) is 0 Å². The van der Waals surface area contributed by atoms with Crippen molar-refractivity contribution in [1.82, 2.24) is 5.32 Å². The maximum absolute atomic E-state index is 12.0. The van der Waals surface area contributed by atoms with Gasteiger partial charge in [0.15, 0.2) is 0 Å². The van der Waals surface area contributed by atoms with Gasteiger partial charge in [-0.25, -0.2) is 4.79 Å². The first-order valence-corrected chi connectivity index (χ1v) is 7.05. The van der Waals surface area contributed by atoms with Gasteiger partial charge in [-0.2, -0.15) is 0 Å². The van der Waals surface area contributed by atoms with Crippen molar-refractivity contribution in [1.29, 1.82) is 0 Å². The van der Waals surface area contributed by atoms with E-state index in [4.69, 9.17) is 15.2 Å². The van der Waals surface area contributed by atoms with Gasteiger partial charge in [0.05, 0.1) is 25.4 Å². The van der Waals surface area contributed by atoms with Gasteiger partial charge in [0, 0.05) is 27.0 Å². The SMILES string of the molecule is COC(=O)[C@@]1(OC)C[C@@H](O)[C@@H](NC(C)=O)C([C@H](O)[C@H](O)CN)O1. The Morgan fingerprint density at radius 2 is 2.04 bits per heavy atom. The highest BCUT2D eigenvalue weighted by Gasteiger charge is 2.55. The van der Waals surface area contributed by atoms with E-state index in [2.05, 4.69) is 10.1 Å². The summed E-state index contributed by atoms with van der Waals surface area (Å²) in [5, 5.41) is 32.7. The van der Waals surface area contributed by atoms with Crippen LogP contribution >= 0.6 is 0 Å². The van der Waals surface area contributed by atoms with Gasteiger partial charge in [-0.3, -0.25) is 4.79 Å². The van der Waals surface area contributed by atoms with Crippen molar-refractivity contribution >= 4 is 11.9 Å². The number of aliphatic hydroxyl groups is 3. The van der Waals surface area contributed by atoms with Gasteiger partial charge in [-0.1, -0.05) is 0 Å². The summed E-state index contributed by atoms with van der Waals surface area (Å²) in [6, 6.07) is -1.07. The van der Waals surface area contributed by atoms with Gasteiger partial charge >= 0.3 is 5.97 Å². The summed E-state index contributed by atoms with van der Waals surface area (Å²) in [6.45, 7) is 0.927. The molecule has 0 radical (unpaired) electrons. The van der Waals surface area contributed by atoms with E-state index in [-0.39, 0.29) is 13.0 Å². The third-order valence-corrected chi connectivity index (χ3v) is 3.74. The minimum absolute atomic E-state index is 0.290. The fourth-order valence-electron chi connectivity index (χ4n) is 2.52. The molecule has 134 valence electrons. The third kappa shape index (κ3) is 4.16. The summed E-state index contributed by atoms with van der Waals surface area (Å²) < 4.78 is 15.2. The summed E-state index contributed by atoms with van der Waals surface area (Å²) in [6.07, 6.45) is -5.94. The molecule has 1 saturated heterocycles. The first-order valence-electron chi connectivity index (χ1n) is 7.05. The Labute approximate surface area is 133 Å². The minimum Gasteiger partial charge on any atom is -0.465 e. The Kier molecular flexibility index (Phi) is 6.86. The number of carbonyl (C=O) groups excluding carboxylic acids is 2. The van der Waals surface area contributed by atoms with Crippen molar-refractivity contribution < 1.29 is 39.1 Å². The van der Waals surface area contributed by atoms with Crippen molar-refractivity contribution in [2.75, 3.05) is 20.8 Å². The molecular weight excluding hydrogens is 312 g/mol. The average Bonchev–Trinajstić information content (AvgIpc) is 2.53. The zero-order valence-electron chi connectivity index (χ0n) is 13.3. The highest BCUT2D eigenvalue weighted by Crippen LogP contribution is 2.33. The lowest BCUT2D eigenvalue weighted by molar-refractivity contribution is -0.304. The van der Waals surface area contributed by atoms with Crippen LogP contribution in [0.2, 0.25) is 0 Å². The predicted molar refractivity (Wildman–Crippen MR) is 75.9 cm³/mol. The van der Waals surface area contributed by atoms with Crippen molar-refractivity contribution in [2.45, 2.75) is 49.6 Å². The molecule has 0 spiro atoms. The van der Waals surface area contributed by atoms with Crippen LogP contribution in [0.3, 0.4) is 0 Å². The smallest absolute Gasteiger partial charge is 0.366 e. The molecule has 1 rings (SSSR count). The number of nitrogens with two attached hydrogens (primary N) is 1. The molecule has 0 aromatic carbocycles. The number of ether oxygens (including phenoxy) is 3. The fraction of sp³-hybridized carbons (Fsp3) is 0.846. The molecule has 0 aromatic rings. The van der Waals surface area contributed by atoms with E-state index < -0.39 is 48.1 Å². The molecule has 0 aromatic heterocycles. The number of hydrogen-bond acceptors (Lipinski definition) is 9. The Bertz CT molecular complexity index is 434. The molecule has 0 bridgehead atoms. The number of methoxy groups -OCH3 is 2. The summed E-state index contributed by atoms with van der Waals surface area (Å²) in [5.74, 6) is -3.37. The summed E-state index contributed by atoms with van der Waals surface area (Å²) in [7, 11) is 2.28. The van der Waals surface area contributed by atoms with E-state index in [1.54, 1.807) is 0 Å². The Morgan fingerprint density at radius 3 is 2.48 bits per heavy atom. The third-order valence-electron chi connectivity index (χ3n) is 3.74. The lowest BCUT2D eigenvalue weighted by Crippen LogP contribution is -2.68. The molecule has 10 nitrogen and oxygen atoms in total. The lowest BCUT2D eigenvalue weighted by Gasteiger charge is -2.46. The van der Waals surface area contributed by atoms with E-state index in [0.717, 1.165) is 7.11 Å². The van der Waals surface area contributed by atoms with Crippen LogP contribution in [0.15, 0.2) is 0 Å². The van der Waals surface area contributed by atoms with Crippen LogP contribution < -0.4 is 11.1 Å². The molecular formula is C13H24N2O8. The zero-order valence-corrected chi connectivity index (χ0v) is 13.3. The molecule has 1 heterocycles. The lowest BCUT2D eigenvalue weighted by atomic mass is 9.88. The Balaban J connectivity index is 3.17. The van der Waals surface area contributed by atoms with Crippen LogP contribution in [-0.2, 0) is 23.8 Å². The topological polar surface area (TPSA) is 161 Å². The molecule has 1 unspecified atom stereocenters. The summed E-state index contributed by atoms with van der Waals surface area (Å²) in [4.78, 5) is 23.3. The van der Waals surface area contributed by atoms with Gasteiger partial charge in [-0.15, -0.1) is 0 Å². The predicted octanol–water partition coefficient (Wildman–Crippen LogP) is -3.16. The number of aliphatic hydroxyl groups excluding tert-OH is 3. The Hall–Kier alpha value is -1.30. The molecule has 1 aliphatic rings. The molecule has 1 fully saturated rings. The number of nitrogens with one attached hydrogen (secondary N) is 1. The molecule has 6 atom stereocenters. The van der Waals surface area contributed by atoms with Crippen molar-refractivity contribution in [3.05, 3.63) is 0 Å². The van der Waals surface area contributed by atoms with Gasteiger partial charge in [0.25, 0.3) is 5.79 Å². The van der Waals surface area contributed by atoms with Crippen LogP contribution in [0.1, 0.15) is 13.3 Å². The van der Waals surface area contributed by atoms with Crippen LogP contribution in [0.4, 0.5) is 0 Å². The monoisotopic (exact) mass is 336 g/mol. The largest absolute Gasteiger partial charge is 0.465 e. The Morgan fingerprint density at radius 1 is 1.43 bits per heavy atom. The van der Waals surface area contributed by atoms with Gasteiger partial charge in [-0.05, 0) is 0 Å². The van der Waals surface area contributed by atoms with E-state index in [0.29, 0.717) is 0 Å². The fourth-order valence-corrected chi connectivity index (χ4v) is 2.52. The first kappa shape index (κ1) is 19.7. The second-order valence-electron chi connectivity index (χ2n) is 5.32. The van der Waals surface area contributed by atoms with E-state index in [9.17, 15) is 24.9 Å². The standard InChI is InChI=1S/C13H24N2O8/c1-6(16)15-9-7(17)4-13(22-3,12(20)21-2)23-11(9)10(19)8(18)5-14/h7-11,17-19H,4-5,14H2,1-3H3,(H,15,16)/t7-,8-,9-,10-,11?,13-/m1/s1. The number of amides is 1. The number of rotatable bonds is 6. The zero-order chi connectivity index (χ0) is 17.8. The van der Waals surface area contributed by atoms with E-state index in [1.807, 2.05) is 0 Å². The second-order valence-corrected chi connectivity index (χ2v) is 5.32. The highest BCUT2D eigenvalue weighted by atomic mass is 16.7. The first-order chi connectivity index (χ1) is 10.7. The summed E-state index contributed by atoms with van der Waals surface area (Å²) >= 11 is 0. The molecule has 1 aliphatic heterocycles. The van der Waals surface area contributed by atoms with Gasteiger partial charge in [0.2, 0.25) is 5.91 Å². The number of hydrogen-bond donors (Lipinski definition) is 5. The van der Waals surface area contributed by atoms with Crippen molar-refractivity contribution in [3.63, 3.8) is 0 Å². The molecule has 0 saturated carbocycles.